The number of nitrogens with two attached hydrogens (primary N) is 1. The molecule has 0 heterocycles. The van der Waals surface area contributed by atoms with Gasteiger partial charge in [-0.25, -0.2) is 0 Å². The van der Waals surface area contributed by atoms with E-state index in [4.69, 9.17) is 5.73 Å². The molecule has 0 saturated heterocycles. The average Bonchev–Trinajstić information content (AvgIpc) is 2.24. The standard InChI is InChI=1S/C11H11F3N2O2/c1-7(15)6-10(16(17)18)8-2-4-9(5-3-8)11(12,13)14/h2-6,10H,15H2,1H3/b7-6+. The first-order valence-corrected chi connectivity index (χ1v) is 4.96. The SMILES string of the molecule is C/C(N)=C\C(c1ccc(C(F)(F)F)cc1)[N+](=O)[O-]. The van der Waals surface area contributed by atoms with E-state index in [9.17, 15) is 23.3 Å². The smallest absolute Gasteiger partial charge is 0.402 e. The summed E-state index contributed by atoms with van der Waals surface area (Å²) in [5, 5.41) is 10.8. The van der Waals surface area contributed by atoms with Gasteiger partial charge in [-0.15, -0.1) is 0 Å². The number of nitro groups is 1. The lowest BCUT2D eigenvalue weighted by atomic mass is 10.0. The Kier molecular flexibility index (Phi) is 3.95. The molecule has 0 spiro atoms. The second-order valence-corrected chi connectivity index (χ2v) is 3.76. The Morgan fingerprint density at radius 1 is 1.39 bits per heavy atom. The molecule has 0 aliphatic carbocycles. The van der Waals surface area contributed by atoms with Gasteiger partial charge >= 0.3 is 6.18 Å². The van der Waals surface area contributed by atoms with Crippen molar-refractivity contribution in [1.29, 1.82) is 0 Å². The maximum Gasteiger partial charge on any atom is 0.416 e. The summed E-state index contributed by atoms with van der Waals surface area (Å²) in [4.78, 5) is 10.2. The van der Waals surface area contributed by atoms with Crippen molar-refractivity contribution in [2.75, 3.05) is 0 Å². The molecule has 0 amide bonds. The van der Waals surface area contributed by atoms with Crippen molar-refractivity contribution < 1.29 is 18.1 Å². The highest BCUT2D eigenvalue weighted by Gasteiger charge is 2.31. The molecule has 0 bridgehead atoms. The highest BCUT2D eigenvalue weighted by molar-refractivity contribution is 5.28. The number of benzene rings is 1. The molecule has 2 N–H and O–H groups in total. The molecule has 1 atom stereocenters. The molecule has 0 fully saturated rings. The van der Waals surface area contributed by atoms with Gasteiger partial charge in [0, 0.05) is 22.3 Å². The second kappa shape index (κ2) is 5.07. The first kappa shape index (κ1) is 14.0. The Bertz CT molecular complexity index is 462. The zero-order valence-corrected chi connectivity index (χ0v) is 9.44. The maximum absolute atomic E-state index is 12.3. The van der Waals surface area contributed by atoms with Gasteiger partial charge in [0.1, 0.15) is 0 Å². The highest BCUT2D eigenvalue weighted by Crippen LogP contribution is 2.30. The Labute approximate surface area is 101 Å². The molecule has 1 aromatic rings. The van der Waals surface area contributed by atoms with Crippen LogP contribution in [0.25, 0.3) is 0 Å². The van der Waals surface area contributed by atoms with Gasteiger partial charge in [0.05, 0.1) is 5.56 Å². The number of allylic oxidation sites excluding steroid dienone is 1. The Morgan fingerprint density at radius 2 is 1.89 bits per heavy atom. The molecule has 1 aromatic carbocycles. The summed E-state index contributed by atoms with van der Waals surface area (Å²) >= 11 is 0. The van der Waals surface area contributed by atoms with Gasteiger partial charge in [0.2, 0.25) is 0 Å². The molecule has 7 heteroatoms. The van der Waals surface area contributed by atoms with Gasteiger partial charge in [0.15, 0.2) is 0 Å². The van der Waals surface area contributed by atoms with Crippen LogP contribution in [0.3, 0.4) is 0 Å². The summed E-state index contributed by atoms with van der Waals surface area (Å²) in [5.74, 6) is 0. The molecule has 4 nitrogen and oxygen atoms in total. The summed E-state index contributed by atoms with van der Waals surface area (Å²) < 4.78 is 37.0. The largest absolute Gasteiger partial charge is 0.416 e. The summed E-state index contributed by atoms with van der Waals surface area (Å²) in [6.07, 6.45) is -3.27. The first-order chi connectivity index (χ1) is 8.21. The van der Waals surface area contributed by atoms with Crippen LogP contribution in [-0.4, -0.2) is 4.92 Å². The third kappa shape index (κ3) is 3.47. The van der Waals surface area contributed by atoms with Crippen molar-refractivity contribution in [1.82, 2.24) is 0 Å². The molecule has 0 aliphatic heterocycles. The summed E-state index contributed by atoms with van der Waals surface area (Å²) in [6.45, 7) is 1.47. The molecule has 0 aromatic heterocycles. The van der Waals surface area contributed by atoms with Crippen LogP contribution in [-0.2, 0) is 6.18 Å². The van der Waals surface area contributed by atoms with Crippen molar-refractivity contribution in [2.45, 2.75) is 19.1 Å². The molecule has 18 heavy (non-hydrogen) atoms. The molecule has 98 valence electrons. The molecule has 0 aliphatic rings. The number of hydrogen-bond acceptors (Lipinski definition) is 3. The van der Waals surface area contributed by atoms with Crippen LogP contribution in [0.15, 0.2) is 36.0 Å². The van der Waals surface area contributed by atoms with Gasteiger partial charge in [-0.05, 0) is 19.1 Å². The van der Waals surface area contributed by atoms with E-state index in [-0.39, 0.29) is 11.3 Å². The quantitative estimate of drug-likeness (QED) is 0.671. The van der Waals surface area contributed by atoms with E-state index >= 15 is 0 Å². The van der Waals surface area contributed by atoms with Crippen LogP contribution < -0.4 is 5.73 Å². The third-order valence-electron chi connectivity index (χ3n) is 2.23. The Morgan fingerprint density at radius 3 is 2.22 bits per heavy atom. The topological polar surface area (TPSA) is 69.2 Å². The van der Waals surface area contributed by atoms with E-state index in [2.05, 4.69) is 0 Å². The average molecular weight is 260 g/mol. The molecular weight excluding hydrogens is 249 g/mol. The van der Waals surface area contributed by atoms with Gasteiger partial charge in [-0.1, -0.05) is 12.1 Å². The zero-order chi connectivity index (χ0) is 13.9. The van der Waals surface area contributed by atoms with Gasteiger partial charge in [0.25, 0.3) is 6.04 Å². The minimum absolute atomic E-state index is 0.151. The summed E-state index contributed by atoms with van der Waals surface area (Å²) in [6, 6.07) is 2.54. The molecule has 0 saturated carbocycles. The van der Waals surface area contributed by atoms with Crippen LogP contribution in [0.1, 0.15) is 24.1 Å². The van der Waals surface area contributed by atoms with Gasteiger partial charge in [-0.3, -0.25) is 10.1 Å². The maximum atomic E-state index is 12.3. The predicted molar refractivity (Wildman–Crippen MR) is 59.1 cm³/mol. The number of rotatable bonds is 3. The normalized spacial score (nSPS) is 14.3. The van der Waals surface area contributed by atoms with Crippen LogP contribution in [0, 0.1) is 10.1 Å². The van der Waals surface area contributed by atoms with Crippen molar-refractivity contribution in [2.24, 2.45) is 5.73 Å². The van der Waals surface area contributed by atoms with Crippen molar-refractivity contribution in [3.8, 4) is 0 Å². The number of alkyl halides is 3. The minimum Gasteiger partial charge on any atom is -0.402 e. The van der Waals surface area contributed by atoms with Crippen molar-refractivity contribution in [3.05, 3.63) is 57.3 Å². The highest BCUT2D eigenvalue weighted by atomic mass is 19.4. The van der Waals surface area contributed by atoms with E-state index in [1.807, 2.05) is 0 Å². The lowest BCUT2D eigenvalue weighted by Crippen LogP contribution is -2.11. The van der Waals surface area contributed by atoms with Crippen LogP contribution in [0.4, 0.5) is 13.2 Å². The van der Waals surface area contributed by atoms with Crippen molar-refractivity contribution in [3.63, 3.8) is 0 Å². The Hall–Kier alpha value is -2.05. The minimum atomic E-state index is -4.46. The van der Waals surface area contributed by atoms with E-state index < -0.39 is 22.7 Å². The zero-order valence-electron chi connectivity index (χ0n) is 9.44. The first-order valence-electron chi connectivity index (χ1n) is 4.96. The fourth-order valence-electron chi connectivity index (χ4n) is 1.40. The van der Waals surface area contributed by atoms with Crippen LogP contribution in [0.2, 0.25) is 0 Å². The Balaban J connectivity index is 3.09. The number of nitrogens with zero attached hydrogens (tertiary/aromatic N) is 1. The van der Waals surface area contributed by atoms with Crippen LogP contribution >= 0.6 is 0 Å². The van der Waals surface area contributed by atoms with Crippen molar-refractivity contribution >= 4 is 0 Å². The fourth-order valence-corrected chi connectivity index (χ4v) is 1.40. The number of hydrogen-bond donors (Lipinski definition) is 1. The lowest BCUT2D eigenvalue weighted by molar-refractivity contribution is -0.515. The fraction of sp³-hybridized carbons (Fsp3) is 0.273. The van der Waals surface area contributed by atoms with Crippen LogP contribution in [0.5, 0.6) is 0 Å². The van der Waals surface area contributed by atoms with E-state index in [1.165, 1.54) is 13.0 Å². The predicted octanol–water partition coefficient (Wildman–Crippen LogP) is 2.89. The number of halogens is 3. The third-order valence-corrected chi connectivity index (χ3v) is 2.23. The lowest BCUT2D eigenvalue weighted by Gasteiger charge is -2.09. The molecule has 1 rings (SSSR count). The van der Waals surface area contributed by atoms with E-state index in [0.29, 0.717) is 0 Å². The van der Waals surface area contributed by atoms with E-state index in [1.54, 1.807) is 0 Å². The molecule has 1 unspecified atom stereocenters. The summed E-state index contributed by atoms with van der Waals surface area (Å²) in [5.41, 5.74) is 4.88. The van der Waals surface area contributed by atoms with Gasteiger partial charge < -0.3 is 5.73 Å². The van der Waals surface area contributed by atoms with E-state index in [0.717, 1.165) is 24.3 Å². The summed E-state index contributed by atoms with van der Waals surface area (Å²) in [7, 11) is 0. The molecule has 0 radical (unpaired) electrons. The molecular formula is C11H11F3N2O2. The monoisotopic (exact) mass is 260 g/mol. The van der Waals surface area contributed by atoms with Gasteiger partial charge in [-0.2, -0.15) is 13.2 Å². The second-order valence-electron chi connectivity index (χ2n) is 3.76.